The molecule has 0 saturated heterocycles. The first-order valence-electron chi connectivity index (χ1n) is 6.16. The summed E-state index contributed by atoms with van der Waals surface area (Å²) in [5.74, 6) is -0.239. The Kier molecular flexibility index (Phi) is 3.85. The molecular formula is C14H18FN3O. The average molecular weight is 263 g/mol. The first-order valence-corrected chi connectivity index (χ1v) is 6.16. The van der Waals surface area contributed by atoms with Crippen LogP contribution in [0.25, 0.3) is 0 Å². The third-order valence-corrected chi connectivity index (χ3v) is 3.32. The van der Waals surface area contributed by atoms with Crippen LogP contribution in [0.5, 0.6) is 5.75 Å². The minimum Gasteiger partial charge on any atom is -0.508 e. The van der Waals surface area contributed by atoms with E-state index in [9.17, 15) is 9.50 Å². The van der Waals surface area contributed by atoms with Gasteiger partial charge >= 0.3 is 0 Å². The standard InChI is InChI=1S/C14H18FN3O/c1-9-13(10(2)18(3)17-9)8-16-7-11-6-12(15)4-5-14(11)19/h4-6,16,19H,7-8H2,1-3H3. The highest BCUT2D eigenvalue weighted by Crippen LogP contribution is 2.18. The molecule has 0 spiro atoms. The summed E-state index contributed by atoms with van der Waals surface area (Å²) in [7, 11) is 1.91. The lowest BCUT2D eigenvalue weighted by molar-refractivity contribution is 0.461. The second kappa shape index (κ2) is 5.40. The molecule has 1 heterocycles. The summed E-state index contributed by atoms with van der Waals surface area (Å²) in [5.41, 5.74) is 3.78. The van der Waals surface area contributed by atoms with E-state index in [1.165, 1.54) is 18.2 Å². The first kappa shape index (κ1) is 13.5. The maximum atomic E-state index is 13.1. The molecule has 102 valence electrons. The molecule has 2 aromatic rings. The fraction of sp³-hybridized carbons (Fsp3) is 0.357. The van der Waals surface area contributed by atoms with Gasteiger partial charge in [0.05, 0.1) is 5.69 Å². The third kappa shape index (κ3) is 2.93. The Morgan fingerprint density at radius 2 is 2.05 bits per heavy atom. The van der Waals surface area contributed by atoms with Gasteiger partial charge in [0.2, 0.25) is 0 Å². The van der Waals surface area contributed by atoms with Gasteiger partial charge in [0.1, 0.15) is 11.6 Å². The van der Waals surface area contributed by atoms with Gasteiger partial charge in [0, 0.05) is 37.0 Å². The monoisotopic (exact) mass is 263 g/mol. The van der Waals surface area contributed by atoms with Gasteiger partial charge in [-0.1, -0.05) is 0 Å². The Balaban J connectivity index is 2.02. The van der Waals surface area contributed by atoms with Crippen LogP contribution in [0.3, 0.4) is 0 Å². The maximum Gasteiger partial charge on any atom is 0.123 e. The number of phenolic OH excluding ortho intramolecular Hbond substituents is 1. The van der Waals surface area contributed by atoms with E-state index in [2.05, 4.69) is 10.4 Å². The number of aromatic hydroxyl groups is 1. The van der Waals surface area contributed by atoms with E-state index in [1.807, 2.05) is 25.6 Å². The number of nitrogens with zero attached hydrogens (tertiary/aromatic N) is 2. The molecular weight excluding hydrogens is 245 g/mol. The summed E-state index contributed by atoms with van der Waals surface area (Å²) in [6.45, 7) is 5.03. The SMILES string of the molecule is Cc1nn(C)c(C)c1CNCc1cc(F)ccc1O. The third-order valence-electron chi connectivity index (χ3n) is 3.32. The number of halogens is 1. The highest BCUT2D eigenvalue weighted by atomic mass is 19.1. The van der Waals surface area contributed by atoms with E-state index in [4.69, 9.17) is 0 Å². The Labute approximate surface area is 111 Å². The number of aromatic nitrogens is 2. The molecule has 0 aliphatic carbocycles. The van der Waals surface area contributed by atoms with Gasteiger partial charge < -0.3 is 10.4 Å². The van der Waals surface area contributed by atoms with Crippen LogP contribution in [0.4, 0.5) is 4.39 Å². The molecule has 0 saturated carbocycles. The van der Waals surface area contributed by atoms with Crippen molar-refractivity contribution in [3.05, 3.63) is 46.5 Å². The second-order valence-corrected chi connectivity index (χ2v) is 4.65. The van der Waals surface area contributed by atoms with Crippen molar-refractivity contribution in [3.8, 4) is 5.75 Å². The largest absolute Gasteiger partial charge is 0.508 e. The van der Waals surface area contributed by atoms with Crippen LogP contribution >= 0.6 is 0 Å². The second-order valence-electron chi connectivity index (χ2n) is 4.65. The lowest BCUT2D eigenvalue weighted by Gasteiger charge is -2.07. The van der Waals surface area contributed by atoms with Gasteiger partial charge in [-0.2, -0.15) is 5.10 Å². The molecule has 4 nitrogen and oxygen atoms in total. The van der Waals surface area contributed by atoms with Crippen molar-refractivity contribution in [1.29, 1.82) is 0 Å². The number of benzene rings is 1. The molecule has 2 rings (SSSR count). The number of hydrogen-bond donors (Lipinski definition) is 2. The maximum absolute atomic E-state index is 13.1. The predicted molar refractivity (Wildman–Crippen MR) is 71.3 cm³/mol. The van der Waals surface area contributed by atoms with E-state index < -0.39 is 0 Å². The van der Waals surface area contributed by atoms with Gasteiger partial charge in [-0.3, -0.25) is 4.68 Å². The smallest absolute Gasteiger partial charge is 0.123 e. The highest BCUT2D eigenvalue weighted by Gasteiger charge is 2.09. The van der Waals surface area contributed by atoms with Crippen molar-refractivity contribution in [2.45, 2.75) is 26.9 Å². The zero-order valence-corrected chi connectivity index (χ0v) is 11.4. The summed E-state index contributed by atoms with van der Waals surface area (Å²) >= 11 is 0. The molecule has 0 fully saturated rings. The van der Waals surface area contributed by atoms with Crippen LogP contribution < -0.4 is 5.32 Å². The van der Waals surface area contributed by atoms with Crippen LogP contribution in [0.15, 0.2) is 18.2 Å². The van der Waals surface area contributed by atoms with Crippen LogP contribution in [0.1, 0.15) is 22.5 Å². The van der Waals surface area contributed by atoms with Crippen molar-refractivity contribution < 1.29 is 9.50 Å². The number of aryl methyl sites for hydroxylation is 2. The molecule has 1 aromatic carbocycles. The summed E-state index contributed by atoms with van der Waals surface area (Å²) in [5, 5.41) is 17.2. The van der Waals surface area contributed by atoms with E-state index >= 15 is 0 Å². The van der Waals surface area contributed by atoms with Crippen LogP contribution in [0.2, 0.25) is 0 Å². The van der Waals surface area contributed by atoms with E-state index in [1.54, 1.807) is 0 Å². The van der Waals surface area contributed by atoms with Gasteiger partial charge in [-0.15, -0.1) is 0 Å². The number of nitrogens with one attached hydrogen (secondary N) is 1. The fourth-order valence-corrected chi connectivity index (χ4v) is 2.09. The van der Waals surface area contributed by atoms with Crippen molar-refractivity contribution in [2.24, 2.45) is 7.05 Å². The molecule has 0 aliphatic rings. The Morgan fingerprint density at radius 1 is 1.32 bits per heavy atom. The van der Waals surface area contributed by atoms with E-state index in [0.29, 0.717) is 18.7 Å². The minimum atomic E-state index is -0.344. The van der Waals surface area contributed by atoms with Gasteiger partial charge in [0.15, 0.2) is 0 Å². The summed E-state index contributed by atoms with van der Waals surface area (Å²) in [4.78, 5) is 0. The van der Waals surface area contributed by atoms with Crippen molar-refractivity contribution >= 4 is 0 Å². The predicted octanol–water partition coefficient (Wildman–Crippen LogP) is 2.17. The van der Waals surface area contributed by atoms with E-state index in [0.717, 1.165) is 17.0 Å². The fourth-order valence-electron chi connectivity index (χ4n) is 2.09. The Morgan fingerprint density at radius 3 is 2.68 bits per heavy atom. The lowest BCUT2D eigenvalue weighted by atomic mass is 10.1. The van der Waals surface area contributed by atoms with E-state index in [-0.39, 0.29) is 11.6 Å². The lowest BCUT2D eigenvalue weighted by Crippen LogP contribution is -2.14. The zero-order chi connectivity index (χ0) is 14.0. The molecule has 0 aliphatic heterocycles. The molecule has 5 heteroatoms. The number of phenols is 1. The molecule has 0 amide bonds. The van der Waals surface area contributed by atoms with Crippen LogP contribution in [-0.2, 0) is 20.1 Å². The Bertz CT molecular complexity index is 593. The van der Waals surface area contributed by atoms with Crippen LogP contribution in [0, 0.1) is 19.7 Å². The van der Waals surface area contributed by atoms with Crippen molar-refractivity contribution in [2.75, 3.05) is 0 Å². The molecule has 0 bridgehead atoms. The van der Waals surface area contributed by atoms with Gasteiger partial charge in [-0.25, -0.2) is 4.39 Å². The number of rotatable bonds is 4. The number of hydrogen-bond acceptors (Lipinski definition) is 3. The normalized spacial score (nSPS) is 10.9. The van der Waals surface area contributed by atoms with Crippen molar-refractivity contribution in [3.63, 3.8) is 0 Å². The molecule has 0 radical (unpaired) electrons. The first-order chi connectivity index (χ1) is 8.99. The Hall–Kier alpha value is -1.88. The summed E-state index contributed by atoms with van der Waals surface area (Å²) in [6.07, 6.45) is 0. The summed E-state index contributed by atoms with van der Waals surface area (Å²) in [6, 6.07) is 3.95. The molecule has 0 unspecified atom stereocenters. The minimum absolute atomic E-state index is 0.105. The molecule has 19 heavy (non-hydrogen) atoms. The molecule has 0 atom stereocenters. The topological polar surface area (TPSA) is 50.1 Å². The van der Waals surface area contributed by atoms with Crippen LogP contribution in [-0.4, -0.2) is 14.9 Å². The van der Waals surface area contributed by atoms with Gasteiger partial charge in [0.25, 0.3) is 0 Å². The zero-order valence-electron chi connectivity index (χ0n) is 11.4. The highest BCUT2D eigenvalue weighted by molar-refractivity contribution is 5.32. The van der Waals surface area contributed by atoms with Crippen molar-refractivity contribution in [1.82, 2.24) is 15.1 Å². The summed E-state index contributed by atoms with van der Waals surface area (Å²) < 4.78 is 14.9. The molecule has 2 N–H and O–H groups in total. The molecule has 1 aromatic heterocycles. The van der Waals surface area contributed by atoms with Gasteiger partial charge in [-0.05, 0) is 32.0 Å². The average Bonchev–Trinajstić information content (AvgIpc) is 2.60. The quantitative estimate of drug-likeness (QED) is 0.889.